The fraction of sp³-hybridized carbons (Fsp3) is 0.219. The summed E-state index contributed by atoms with van der Waals surface area (Å²) in [5.74, 6) is 0.497. The number of nitrogens with one attached hydrogen (secondary N) is 1. The van der Waals surface area contributed by atoms with Crippen molar-refractivity contribution in [2.24, 2.45) is 4.99 Å². The van der Waals surface area contributed by atoms with Gasteiger partial charge in [-0.3, -0.25) is 4.79 Å². The van der Waals surface area contributed by atoms with Gasteiger partial charge in [-0.15, -0.1) is 0 Å². The van der Waals surface area contributed by atoms with E-state index in [4.69, 9.17) is 14.2 Å². The minimum atomic E-state index is -0.574. The van der Waals surface area contributed by atoms with Crippen molar-refractivity contribution < 1.29 is 23.8 Å². The number of benzene rings is 3. The molecule has 5 rings (SSSR count). The van der Waals surface area contributed by atoms with E-state index in [0.717, 1.165) is 22.4 Å². The molecule has 0 saturated carbocycles. The topological polar surface area (TPSA) is 89.5 Å². The number of fused-ring (bicyclic) bond motifs is 1. The van der Waals surface area contributed by atoms with Gasteiger partial charge in [0, 0.05) is 12.2 Å². The molecule has 1 N–H and O–H groups in total. The second-order valence-corrected chi connectivity index (χ2v) is 10.3. The van der Waals surface area contributed by atoms with Gasteiger partial charge in [0.1, 0.15) is 6.61 Å². The molecule has 0 saturated heterocycles. The van der Waals surface area contributed by atoms with Crippen LogP contribution in [0, 0.1) is 0 Å². The first-order chi connectivity index (χ1) is 20.0. The Hall–Kier alpha value is -4.50. The lowest BCUT2D eigenvalue weighted by molar-refractivity contribution is -0.136. The summed E-state index contributed by atoms with van der Waals surface area (Å²) in [4.78, 5) is 32.7. The molecule has 0 unspecified atom stereocenters. The van der Waals surface area contributed by atoms with Crippen LogP contribution in [0.4, 0.5) is 0 Å². The fourth-order valence-corrected chi connectivity index (χ4v) is 5.75. The lowest BCUT2D eigenvalue weighted by Gasteiger charge is -2.36. The van der Waals surface area contributed by atoms with Crippen molar-refractivity contribution in [1.29, 1.82) is 0 Å². The van der Waals surface area contributed by atoms with Crippen LogP contribution in [0.15, 0.2) is 106 Å². The maximum absolute atomic E-state index is 13.1. The van der Waals surface area contributed by atoms with Crippen LogP contribution in [0.5, 0.6) is 11.5 Å². The molecule has 2 aliphatic rings. The Labute approximate surface area is 243 Å². The largest absolute Gasteiger partial charge is 0.493 e. The van der Waals surface area contributed by atoms with E-state index in [1.807, 2.05) is 89.2 Å². The van der Waals surface area contributed by atoms with Crippen molar-refractivity contribution in [3.8, 4) is 11.5 Å². The highest BCUT2D eigenvalue weighted by Crippen LogP contribution is 2.46. The summed E-state index contributed by atoms with van der Waals surface area (Å²) in [6.45, 7) is 2.61. The molecule has 3 aromatic rings. The minimum Gasteiger partial charge on any atom is -0.493 e. The average molecular weight is 570 g/mol. The predicted octanol–water partition coefficient (Wildman–Crippen LogP) is 5.73. The van der Waals surface area contributed by atoms with Crippen LogP contribution in [0.2, 0.25) is 0 Å². The monoisotopic (exact) mass is 569 g/mol. The molecule has 0 fully saturated rings. The van der Waals surface area contributed by atoms with Gasteiger partial charge in [0.25, 0.3) is 0 Å². The van der Waals surface area contributed by atoms with Gasteiger partial charge < -0.3 is 24.4 Å². The van der Waals surface area contributed by atoms with Gasteiger partial charge in [0.05, 0.1) is 38.0 Å². The summed E-state index contributed by atoms with van der Waals surface area (Å²) in [6.07, 6.45) is 0.123. The molecule has 2 aliphatic heterocycles. The van der Waals surface area contributed by atoms with Crippen molar-refractivity contribution >= 4 is 28.8 Å². The molecule has 0 spiro atoms. The van der Waals surface area contributed by atoms with E-state index >= 15 is 0 Å². The standard InChI is InChI=1S/C32H31N3O5S/c1-21-29(31(37)39-3)30(24-14-15-26(27(16-24)38-2)40-19-23-12-8-5-9-13-23)35-25(20-41-32(35)34-21)17-28(36)33-18-22-10-6-4-7-11-22/h4-16,20,30H,17-19H2,1-3H3,(H,33,36)/t30-/m1/s1. The summed E-state index contributed by atoms with van der Waals surface area (Å²) in [5, 5.41) is 5.59. The molecule has 1 amide bonds. The number of carbonyl (C=O) groups excluding carboxylic acids is 2. The Morgan fingerprint density at radius 2 is 1.66 bits per heavy atom. The van der Waals surface area contributed by atoms with Crippen molar-refractivity contribution in [3.05, 3.63) is 118 Å². The van der Waals surface area contributed by atoms with Crippen molar-refractivity contribution in [2.75, 3.05) is 14.2 Å². The minimum absolute atomic E-state index is 0.123. The highest BCUT2D eigenvalue weighted by Gasteiger charge is 2.41. The summed E-state index contributed by atoms with van der Waals surface area (Å²) >= 11 is 1.42. The van der Waals surface area contributed by atoms with Gasteiger partial charge in [0.15, 0.2) is 16.7 Å². The Morgan fingerprint density at radius 3 is 2.34 bits per heavy atom. The Balaban J connectivity index is 1.42. The number of allylic oxidation sites excluding steroid dienone is 1. The number of methoxy groups -OCH3 is 2. The van der Waals surface area contributed by atoms with Crippen molar-refractivity contribution in [2.45, 2.75) is 32.5 Å². The highest BCUT2D eigenvalue weighted by atomic mass is 32.2. The zero-order valence-corrected chi connectivity index (χ0v) is 23.9. The van der Waals surface area contributed by atoms with Gasteiger partial charge in [-0.1, -0.05) is 78.5 Å². The van der Waals surface area contributed by atoms with E-state index in [1.54, 1.807) is 14.0 Å². The zero-order valence-electron chi connectivity index (χ0n) is 23.1. The van der Waals surface area contributed by atoms with E-state index in [2.05, 4.69) is 10.3 Å². The molecule has 3 aromatic carbocycles. The van der Waals surface area contributed by atoms with E-state index in [0.29, 0.717) is 41.1 Å². The quantitative estimate of drug-likeness (QED) is 0.312. The van der Waals surface area contributed by atoms with Crippen LogP contribution in [0.25, 0.3) is 0 Å². The van der Waals surface area contributed by atoms with Gasteiger partial charge in [-0.25, -0.2) is 9.79 Å². The molecule has 210 valence electrons. The first-order valence-electron chi connectivity index (χ1n) is 13.2. The molecule has 41 heavy (non-hydrogen) atoms. The SMILES string of the molecule is COC(=O)C1=C(C)N=C2SC=C(CC(=O)NCc3ccccc3)N2[C@@H]1c1ccc(OCc2ccccc2)c(OC)c1. The molecule has 0 radical (unpaired) electrons. The molecule has 2 heterocycles. The van der Waals surface area contributed by atoms with Crippen LogP contribution < -0.4 is 14.8 Å². The average Bonchev–Trinajstić information content (AvgIpc) is 3.40. The summed E-state index contributed by atoms with van der Waals surface area (Å²) in [6, 6.07) is 24.7. The number of aliphatic imine (C=N–C) groups is 1. The Kier molecular flexibility index (Phi) is 8.74. The maximum atomic E-state index is 13.1. The number of carbonyl (C=O) groups is 2. The summed E-state index contributed by atoms with van der Waals surface area (Å²) in [7, 11) is 2.94. The molecule has 0 aromatic heterocycles. The van der Waals surface area contributed by atoms with Crippen LogP contribution in [0.3, 0.4) is 0 Å². The van der Waals surface area contributed by atoms with Gasteiger partial charge in [-0.2, -0.15) is 0 Å². The van der Waals surface area contributed by atoms with Crippen LogP contribution in [-0.4, -0.2) is 36.2 Å². The number of ether oxygens (including phenoxy) is 3. The lowest BCUT2D eigenvalue weighted by atomic mass is 9.93. The van der Waals surface area contributed by atoms with E-state index in [1.165, 1.54) is 18.9 Å². The molecular weight excluding hydrogens is 538 g/mol. The normalized spacial score (nSPS) is 16.0. The zero-order chi connectivity index (χ0) is 28.8. The third kappa shape index (κ3) is 6.30. The molecular formula is C32H31N3O5S. The first-order valence-corrected chi connectivity index (χ1v) is 14.0. The van der Waals surface area contributed by atoms with E-state index in [9.17, 15) is 9.59 Å². The predicted molar refractivity (Wildman–Crippen MR) is 159 cm³/mol. The number of nitrogens with zero attached hydrogens (tertiary/aromatic N) is 2. The summed E-state index contributed by atoms with van der Waals surface area (Å²) in [5.41, 5.74) is 4.52. The summed E-state index contributed by atoms with van der Waals surface area (Å²) < 4.78 is 16.9. The van der Waals surface area contributed by atoms with Crippen molar-refractivity contribution in [1.82, 2.24) is 10.2 Å². The molecule has 9 heteroatoms. The van der Waals surface area contributed by atoms with Gasteiger partial charge in [0.2, 0.25) is 5.91 Å². The molecule has 1 atom stereocenters. The number of hydrogen-bond acceptors (Lipinski definition) is 8. The van der Waals surface area contributed by atoms with Crippen LogP contribution >= 0.6 is 11.8 Å². The van der Waals surface area contributed by atoms with Crippen LogP contribution in [0.1, 0.15) is 36.1 Å². The third-order valence-electron chi connectivity index (χ3n) is 6.82. The third-order valence-corrected chi connectivity index (χ3v) is 7.71. The Morgan fingerprint density at radius 1 is 0.951 bits per heavy atom. The first kappa shape index (κ1) is 28.0. The van der Waals surface area contributed by atoms with Gasteiger partial charge >= 0.3 is 5.97 Å². The second-order valence-electron chi connectivity index (χ2n) is 9.51. The molecule has 0 bridgehead atoms. The Bertz CT molecular complexity index is 1520. The van der Waals surface area contributed by atoms with E-state index in [-0.39, 0.29) is 12.3 Å². The number of rotatable bonds is 10. The van der Waals surface area contributed by atoms with Gasteiger partial charge in [-0.05, 0) is 41.2 Å². The number of amides is 1. The van der Waals surface area contributed by atoms with Crippen molar-refractivity contribution in [3.63, 3.8) is 0 Å². The number of hydrogen-bond donors (Lipinski definition) is 1. The number of amidine groups is 1. The van der Waals surface area contributed by atoms with E-state index < -0.39 is 12.0 Å². The van der Waals surface area contributed by atoms with Crippen LogP contribution in [-0.2, 0) is 27.5 Å². The molecule has 8 nitrogen and oxygen atoms in total. The second kappa shape index (κ2) is 12.8. The maximum Gasteiger partial charge on any atom is 0.338 e. The lowest BCUT2D eigenvalue weighted by Crippen LogP contribution is -2.37. The number of thioether (sulfide) groups is 1. The molecule has 0 aliphatic carbocycles. The highest BCUT2D eigenvalue weighted by molar-refractivity contribution is 8.16. The number of esters is 1. The fourth-order valence-electron chi connectivity index (χ4n) is 4.79. The smallest absolute Gasteiger partial charge is 0.338 e.